The smallest absolute Gasteiger partial charge is 0.269 e. The molecular formula is C17H14ClN5O3. The number of aromatic nitrogens is 2. The van der Waals surface area contributed by atoms with E-state index in [0.29, 0.717) is 28.4 Å². The molecule has 0 saturated carbocycles. The Morgan fingerprint density at radius 3 is 2.81 bits per heavy atom. The number of benzene rings is 1. The van der Waals surface area contributed by atoms with E-state index in [1.807, 2.05) is 0 Å². The summed E-state index contributed by atoms with van der Waals surface area (Å²) in [5, 5.41) is 24.7. The number of hydrogen-bond acceptors (Lipinski definition) is 7. The topological polar surface area (TPSA) is 118 Å². The number of nitriles is 1. The zero-order valence-electron chi connectivity index (χ0n) is 14.0. The number of nitro groups is 1. The third-order valence-corrected chi connectivity index (χ3v) is 4.46. The molecule has 3 rings (SSSR count). The zero-order valence-corrected chi connectivity index (χ0v) is 14.8. The number of aliphatic imine (C=N–C) groups is 1. The number of non-ortho nitro benzene ring substituents is 1. The lowest BCUT2D eigenvalue weighted by molar-refractivity contribution is -0.384. The molecule has 0 saturated heterocycles. The van der Waals surface area contributed by atoms with Gasteiger partial charge in [-0.1, -0.05) is 17.3 Å². The van der Waals surface area contributed by atoms with Gasteiger partial charge in [0.15, 0.2) is 5.82 Å². The number of rotatable bonds is 4. The van der Waals surface area contributed by atoms with Gasteiger partial charge in [0, 0.05) is 35.0 Å². The average molecular weight is 372 g/mol. The first-order valence-corrected chi connectivity index (χ1v) is 8.28. The summed E-state index contributed by atoms with van der Waals surface area (Å²) in [7, 11) is 0. The molecular weight excluding hydrogens is 358 g/mol. The van der Waals surface area contributed by atoms with Crippen molar-refractivity contribution in [1.29, 1.82) is 5.26 Å². The van der Waals surface area contributed by atoms with E-state index in [-0.39, 0.29) is 17.5 Å². The van der Waals surface area contributed by atoms with Gasteiger partial charge >= 0.3 is 0 Å². The molecule has 1 aliphatic rings. The fourth-order valence-corrected chi connectivity index (χ4v) is 3.20. The maximum atomic E-state index is 11.2. The van der Waals surface area contributed by atoms with Gasteiger partial charge < -0.3 is 4.52 Å². The molecule has 8 nitrogen and oxygen atoms in total. The summed E-state index contributed by atoms with van der Waals surface area (Å²) >= 11 is 5.75. The number of nitrogens with zero attached hydrogens (tertiary/aromatic N) is 5. The highest BCUT2D eigenvalue weighted by Crippen LogP contribution is 2.43. The normalized spacial score (nSPS) is 19.8. The Balaban J connectivity index is 2.20. The number of halogens is 1. The highest BCUT2D eigenvalue weighted by molar-refractivity contribution is 6.16. The van der Waals surface area contributed by atoms with Gasteiger partial charge in [-0.25, -0.2) is 0 Å². The summed E-state index contributed by atoms with van der Waals surface area (Å²) in [5.74, 6) is -0.504. The molecule has 0 spiro atoms. The van der Waals surface area contributed by atoms with Crippen molar-refractivity contribution in [3.63, 3.8) is 0 Å². The second-order valence-electron chi connectivity index (χ2n) is 5.84. The molecule has 1 aromatic carbocycles. The molecule has 2 unspecified atom stereocenters. The van der Waals surface area contributed by atoms with Crippen molar-refractivity contribution in [2.24, 2.45) is 10.9 Å². The largest absolute Gasteiger partial charge is 0.334 e. The molecule has 0 radical (unpaired) electrons. The van der Waals surface area contributed by atoms with Crippen LogP contribution in [0.25, 0.3) is 5.57 Å². The minimum absolute atomic E-state index is 0.0525. The van der Waals surface area contributed by atoms with Crippen LogP contribution in [0.3, 0.4) is 0 Å². The van der Waals surface area contributed by atoms with Crippen LogP contribution in [0.4, 0.5) is 5.69 Å². The first-order chi connectivity index (χ1) is 12.5. The van der Waals surface area contributed by atoms with Gasteiger partial charge in [-0.05, 0) is 19.4 Å². The fourth-order valence-electron chi connectivity index (χ4n) is 3.09. The van der Waals surface area contributed by atoms with Crippen molar-refractivity contribution in [2.75, 3.05) is 0 Å². The van der Waals surface area contributed by atoms with E-state index >= 15 is 0 Å². The molecule has 2 atom stereocenters. The number of alkyl halides is 1. The van der Waals surface area contributed by atoms with Crippen LogP contribution in [-0.4, -0.2) is 20.8 Å². The van der Waals surface area contributed by atoms with Crippen molar-refractivity contribution in [2.45, 2.75) is 25.6 Å². The Kier molecular flexibility index (Phi) is 4.82. The first-order valence-electron chi connectivity index (χ1n) is 7.75. The summed E-state index contributed by atoms with van der Waals surface area (Å²) in [6.45, 7) is 3.54. The van der Waals surface area contributed by atoms with E-state index in [1.165, 1.54) is 12.1 Å². The highest BCUT2D eigenvalue weighted by Gasteiger charge is 2.37. The zero-order chi connectivity index (χ0) is 18.8. The maximum Gasteiger partial charge on any atom is 0.269 e. The van der Waals surface area contributed by atoms with Gasteiger partial charge in [0.05, 0.1) is 22.8 Å². The number of nitro benzene ring substituents is 1. The molecule has 26 heavy (non-hydrogen) atoms. The standard InChI is InChI=1S/C17H14ClN5O3/c1-9-13(8-19)16(11-4-3-5-12(6-11)23(24)25)15(10(2)20-9)17-21-14(7-18)22-26-17/h3-6,13,16H,7H2,1-2H3. The van der Waals surface area contributed by atoms with E-state index in [0.717, 1.165) is 0 Å². The SMILES string of the molecule is CC1=NC(C)=C(c2nc(CCl)no2)C(c2cccc([N+](=O)[O-])c2)C1C#N. The van der Waals surface area contributed by atoms with Crippen molar-refractivity contribution in [3.05, 3.63) is 57.4 Å². The quantitative estimate of drug-likeness (QED) is 0.457. The Hall–Kier alpha value is -3.05. The van der Waals surface area contributed by atoms with Gasteiger partial charge in [0.25, 0.3) is 11.6 Å². The maximum absolute atomic E-state index is 11.2. The molecule has 0 N–H and O–H groups in total. The van der Waals surface area contributed by atoms with Gasteiger partial charge in [-0.2, -0.15) is 10.2 Å². The summed E-state index contributed by atoms with van der Waals surface area (Å²) in [4.78, 5) is 19.4. The second-order valence-corrected chi connectivity index (χ2v) is 6.11. The minimum Gasteiger partial charge on any atom is -0.334 e. The van der Waals surface area contributed by atoms with Crippen LogP contribution in [0, 0.1) is 27.4 Å². The summed E-state index contributed by atoms with van der Waals surface area (Å²) < 4.78 is 5.31. The van der Waals surface area contributed by atoms with Crippen molar-refractivity contribution < 1.29 is 9.45 Å². The van der Waals surface area contributed by atoms with Gasteiger partial charge in [0.1, 0.15) is 0 Å². The number of allylic oxidation sites excluding steroid dienone is 2. The molecule has 0 fully saturated rings. The minimum atomic E-state index is -0.609. The van der Waals surface area contributed by atoms with E-state index < -0.39 is 16.8 Å². The molecule has 132 valence electrons. The van der Waals surface area contributed by atoms with Crippen molar-refractivity contribution in [1.82, 2.24) is 10.1 Å². The van der Waals surface area contributed by atoms with E-state index in [4.69, 9.17) is 16.1 Å². The molecule has 2 aromatic rings. The van der Waals surface area contributed by atoms with Gasteiger partial charge in [-0.3, -0.25) is 15.1 Å². The van der Waals surface area contributed by atoms with Gasteiger partial charge in [-0.15, -0.1) is 11.6 Å². The van der Waals surface area contributed by atoms with Crippen LogP contribution in [-0.2, 0) is 5.88 Å². The third kappa shape index (κ3) is 3.09. The lowest BCUT2D eigenvalue weighted by atomic mass is 9.76. The molecule has 0 bridgehead atoms. The lowest BCUT2D eigenvalue weighted by Crippen LogP contribution is -2.24. The van der Waals surface area contributed by atoms with Crippen LogP contribution < -0.4 is 0 Å². The van der Waals surface area contributed by atoms with Crippen LogP contribution in [0.5, 0.6) is 0 Å². The van der Waals surface area contributed by atoms with Crippen LogP contribution in [0.1, 0.15) is 37.0 Å². The molecule has 1 aliphatic heterocycles. The van der Waals surface area contributed by atoms with Gasteiger partial charge in [0.2, 0.25) is 0 Å². The molecule has 0 aliphatic carbocycles. The van der Waals surface area contributed by atoms with Crippen LogP contribution in [0.2, 0.25) is 0 Å². The molecule has 1 aromatic heterocycles. The van der Waals surface area contributed by atoms with E-state index in [1.54, 1.807) is 26.0 Å². The Morgan fingerprint density at radius 2 is 2.19 bits per heavy atom. The Morgan fingerprint density at radius 1 is 1.42 bits per heavy atom. The summed E-state index contributed by atoms with van der Waals surface area (Å²) in [6.07, 6.45) is 0. The monoisotopic (exact) mass is 371 g/mol. The predicted octanol–water partition coefficient (Wildman–Crippen LogP) is 3.85. The van der Waals surface area contributed by atoms with E-state index in [9.17, 15) is 15.4 Å². The van der Waals surface area contributed by atoms with Crippen molar-refractivity contribution in [3.8, 4) is 6.07 Å². The first kappa shape index (κ1) is 17.8. The van der Waals surface area contributed by atoms with Crippen molar-refractivity contribution >= 4 is 28.6 Å². The summed E-state index contributed by atoms with van der Waals surface area (Å²) in [5.41, 5.74) is 2.38. The molecule has 2 heterocycles. The average Bonchev–Trinajstić information content (AvgIpc) is 3.10. The lowest BCUT2D eigenvalue weighted by Gasteiger charge is -2.28. The third-order valence-electron chi connectivity index (χ3n) is 4.23. The fraction of sp³-hybridized carbons (Fsp3) is 0.294. The van der Waals surface area contributed by atoms with E-state index in [2.05, 4.69) is 21.2 Å². The van der Waals surface area contributed by atoms with Crippen LogP contribution in [0.15, 0.2) is 39.5 Å². The summed E-state index contributed by atoms with van der Waals surface area (Å²) in [6, 6.07) is 8.44. The Labute approximate surface area is 154 Å². The predicted molar refractivity (Wildman–Crippen MR) is 94.5 cm³/mol. The molecule has 9 heteroatoms. The number of hydrogen-bond donors (Lipinski definition) is 0. The highest BCUT2D eigenvalue weighted by atomic mass is 35.5. The Bertz CT molecular complexity index is 973. The molecule has 0 amide bonds. The second kappa shape index (κ2) is 7.06. The van der Waals surface area contributed by atoms with Crippen LogP contribution >= 0.6 is 11.6 Å².